The van der Waals surface area contributed by atoms with Crippen LogP contribution in [0.5, 0.6) is 5.75 Å². The molecule has 1 heterocycles. The van der Waals surface area contributed by atoms with Crippen molar-refractivity contribution in [2.75, 3.05) is 5.32 Å². The SMILES string of the molecule is Cc1ccc(C(=O)NC2CC2)cc1NC(=O)c1cccc(OCc2cscn2)c1. The summed E-state index contributed by atoms with van der Waals surface area (Å²) in [6, 6.07) is 12.6. The average Bonchev–Trinajstić information content (AvgIpc) is 3.38. The normalized spacial score (nSPS) is 13.0. The van der Waals surface area contributed by atoms with Crippen LogP contribution in [0, 0.1) is 6.92 Å². The van der Waals surface area contributed by atoms with E-state index in [0.29, 0.717) is 29.2 Å². The molecule has 0 atom stereocenters. The van der Waals surface area contributed by atoms with Crippen LogP contribution < -0.4 is 15.4 Å². The fourth-order valence-electron chi connectivity index (χ4n) is 2.78. The molecule has 3 aromatic rings. The molecule has 1 aromatic heterocycles. The van der Waals surface area contributed by atoms with E-state index in [2.05, 4.69) is 15.6 Å². The second kappa shape index (κ2) is 8.45. The van der Waals surface area contributed by atoms with Crippen molar-refractivity contribution in [3.8, 4) is 5.75 Å². The Kier molecular flexibility index (Phi) is 5.57. The lowest BCUT2D eigenvalue weighted by atomic mass is 10.1. The summed E-state index contributed by atoms with van der Waals surface area (Å²) in [7, 11) is 0. The Morgan fingerprint density at radius 2 is 1.97 bits per heavy atom. The van der Waals surface area contributed by atoms with Gasteiger partial charge in [0.15, 0.2) is 0 Å². The first-order chi connectivity index (χ1) is 14.1. The Balaban J connectivity index is 1.44. The van der Waals surface area contributed by atoms with E-state index in [0.717, 1.165) is 24.1 Å². The predicted octanol–water partition coefficient (Wildman–Crippen LogP) is 4.18. The number of amides is 2. The third kappa shape index (κ3) is 5.00. The number of benzene rings is 2. The molecule has 2 aromatic carbocycles. The maximum absolute atomic E-state index is 12.7. The number of rotatable bonds is 7. The number of thiazole rings is 1. The first-order valence-electron chi connectivity index (χ1n) is 9.41. The minimum absolute atomic E-state index is 0.111. The van der Waals surface area contributed by atoms with Crippen molar-refractivity contribution >= 4 is 28.8 Å². The Morgan fingerprint density at radius 3 is 2.72 bits per heavy atom. The second-order valence-corrected chi connectivity index (χ2v) is 7.75. The Hall–Kier alpha value is -3.19. The van der Waals surface area contributed by atoms with Gasteiger partial charge in [0.25, 0.3) is 11.8 Å². The van der Waals surface area contributed by atoms with Gasteiger partial charge in [-0.2, -0.15) is 0 Å². The van der Waals surface area contributed by atoms with E-state index in [9.17, 15) is 9.59 Å². The van der Waals surface area contributed by atoms with Gasteiger partial charge in [0.2, 0.25) is 0 Å². The quantitative estimate of drug-likeness (QED) is 0.616. The topological polar surface area (TPSA) is 80.3 Å². The molecule has 1 fully saturated rings. The molecule has 0 spiro atoms. The van der Waals surface area contributed by atoms with Gasteiger partial charge < -0.3 is 15.4 Å². The van der Waals surface area contributed by atoms with Gasteiger partial charge in [0.1, 0.15) is 12.4 Å². The van der Waals surface area contributed by atoms with Crippen LogP contribution in [0.2, 0.25) is 0 Å². The summed E-state index contributed by atoms with van der Waals surface area (Å²) in [6.07, 6.45) is 2.06. The monoisotopic (exact) mass is 407 g/mol. The predicted molar refractivity (Wildman–Crippen MR) is 113 cm³/mol. The molecule has 1 saturated carbocycles. The van der Waals surface area contributed by atoms with Gasteiger partial charge in [0, 0.05) is 28.2 Å². The summed E-state index contributed by atoms with van der Waals surface area (Å²) in [5.41, 5.74) is 5.13. The summed E-state index contributed by atoms with van der Waals surface area (Å²) in [6.45, 7) is 2.25. The largest absolute Gasteiger partial charge is 0.487 e. The van der Waals surface area contributed by atoms with Crippen molar-refractivity contribution in [3.05, 3.63) is 75.7 Å². The van der Waals surface area contributed by atoms with Crippen LogP contribution in [-0.2, 0) is 6.61 Å². The van der Waals surface area contributed by atoms with Gasteiger partial charge in [-0.15, -0.1) is 11.3 Å². The molecule has 0 radical (unpaired) electrons. The van der Waals surface area contributed by atoms with Gasteiger partial charge in [-0.1, -0.05) is 12.1 Å². The van der Waals surface area contributed by atoms with Crippen LogP contribution in [0.3, 0.4) is 0 Å². The molecule has 148 valence electrons. The van der Waals surface area contributed by atoms with Gasteiger partial charge >= 0.3 is 0 Å². The zero-order valence-corrected chi connectivity index (χ0v) is 16.8. The second-order valence-electron chi connectivity index (χ2n) is 7.03. The van der Waals surface area contributed by atoms with E-state index in [4.69, 9.17) is 4.74 Å². The van der Waals surface area contributed by atoms with Crippen LogP contribution in [0.15, 0.2) is 53.4 Å². The highest BCUT2D eigenvalue weighted by molar-refractivity contribution is 7.07. The summed E-state index contributed by atoms with van der Waals surface area (Å²) in [5, 5.41) is 7.79. The van der Waals surface area contributed by atoms with Crippen molar-refractivity contribution in [3.63, 3.8) is 0 Å². The summed E-state index contributed by atoms with van der Waals surface area (Å²) >= 11 is 1.51. The van der Waals surface area contributed by atoms with E-state index in [1.165, 1.54) is 11.3 Å². The van der Waals surface area contributed by atoms with Crippen molar-refractivity contribution < 1.29 is 14.3 Å². The maximum Gasteiger partial charge on any atom is 0.255 e. The smallest absolute Gasteiger partial charge is 0.255 e. The van der Waals surface area contributed by atoms with E-state index < -0.39 is 0 Å². The molecule has 1 aliphatic rings. The van der Waals surface area contributed by atoms with E-state index >= 15 is 0 Å². The molecule has 0 unspecified atom stereocenters. The first kappa shape index (κ1) is 19.1. The molecule has 2 N–H and O–H groups in total. The number of hydrogen-bond donors (Lipinski definition) is 2. The Morgan fingerprint density at radius 1 is 1.14 bits per heavy atom. The average molecular weight is 407 g/mol. The molecule has 0 aliphatic heterocycles. The van der Waals surface area contributed by atoms with Crippen LogP contribution in [0.25, 0.3) is 0 Å². The number of nitrogens with one attached hydrogen (secondary N) is 2. The molecule has 6 nitrogen and oxygen atoms in total. The molecule has 29 heavy (non-hydrogen) atoms. The van der Waals surface area contributed by atoms with Crippen molar-refractivity contribution in [1.82, 2.24) is 10.3 Å². The molecule has 0 bridgehead atoms. The number of ether oxygens (including phenoxy) is 1. The lowest BCUT2D eigenvalue weighted by Gasteiger charge is -2.12. The Bertz CT molecular complexity index is 1030. The van der Waals surface area contributed by atoms with Gasteiger partial charge in [0.05, 0.1) is 11.2 Å². The first-order valence-corrected chi connectivity index (χ1v) is 10.4. The molecule has 0 saturated heterocycles. The van der Waals surface area contributed by atoms with Crippen molar-refractivity contribution in [1.29, 1.82) is 0 Å². The maximum atomic E-state index is 12.7. The van der Waals surface area contributed by atoms with Crippen LogP contribution in [-0.4, -0.2) is 22.8 Å². The molecule has 4 rings (SSSR count). The van der Waals surface area contributed by atoms with E-state index in [-0.39, 0.29) is 17.9 Å². The highest BCUT2D eigenvalue weighted by Crippen LogP contribution is 2.22. The number of anilines is 1. The van der Waals surface area contributed by atoms with Gasteiger partial charge in [-0.05, 0) is 55.7 Å². The standard InChI is InChI=1S/C22H21N3O3S/c1-14-5-6-16(21(26)24-17-7-8-17)10-20(14)25-22(27)15-3-2-4-19(9-15)28-11-18-12-29-13-23-18/h2-6,9-10,12-13,17H,7-8,11H2,1H3,(H,24,26)(H,25,27). The van der Waals surface area contributed by atoms with Crippen LogP contribution >= 0.6 is 11.3 Å². The fourth-order valence-corrected chi connectivity index (χ4v) is 3.33. The van der Waals surface area contributed by atoms with Crippen molar-refractivity contribution in [2.45, 2.75) is 32.4 Å². The highest BCUT2D eigenvalue weighted by atomic mass is 32.1. The summed E-state index contributed by atoms with van der Waals surface area (Å²) in [5.74, 6) is 0.229. The number of carbonyl (C=O) groups excluding carboxylic acids is 2. The molecular formula is C22H21N3O3S. The highest BCUT2D eigenvalue weighted by Gasteiger charge is 2.24. The van der Waals surface area contributed by atoms with E-state index in [1.54, 1.807) is 41.9 Å². The number of hydrogen-bond acceptors (Lipinski definition) is 5. The third-order valence-corrected chi connectivity index (χ3v) is 5.26. The number of aryl methyl sites for hydroxylation is 1. The zero-order valence-electron chi connectivity index (χ0n) is 16.0. The number of aromatic nitrogens is 1. The van der Waals surface area contributed by atoms with Crippen LogP contribution in [0.4, 0.5) is 5.69 Å². The molecular weight excluding hydrogens is 386 g/mol. The van der Waals surface area contributed by atoms with E-state index in [1.807, 2.05) is 18.4 Å². The minimum atomic E-state index is -0.257. The summed E-state index contributed by atoms with van der Waals surface area (Å²) in [4.78, 5) is 29.2. The van der Waals surface area contributed by atoms with Gasteiger partial charge in [-0.3, -0.25) is 9.59 Å². The molecule has 7 heteroatoms. The fraction of sp³-hybridized carbons (Fsp3) is 0.227. The third-order valence-electron chi connectivity index (χ3n) is 4.63. The Labute approximate surface area is 172 Å². The lowest BCUT2D eigenvalue weighted by Crippen LogP contribution is -2.25. The van der Waals surface area contributed by atoms with Crippen molar-refractivity contribution in [2.24, 2.45) is 0 Å². The molecule has 1 aliphatic carbocycles. The molecule has 2 amide bonds. The zero-order chi connectivity index (χ0) is 20.2. The number of nitrogens with zero attached hydrogens (tertiary/aromatic N) is 1. The number of carbonyl (C=O) groups is 2. The minimum Gasteiger partial charge on any atom is -0.487 e. The lowest BCUT2D eigenvalue weighted by molar-refractivity contribution is 0.0949. The summed E-state index contributed by atoms with van der Waals surface area (Å²) < 4.78 is 5.72. The van der Waals surface area contributed by atoms with Crippen LogP contribution in [0.1, 0.15) is 44.8 Å². The van der Waals surface area contributed by atoms with Gasteiger partial charge in [-0.25, -0.2) is 4.98 Å².